The largest absolute Gasteiger partial charge is 0.374 e. The molecule has 4 aliphatic carbocycles. The molecule has 31 heavy (non-hydrogen) atoms. The Balaban J connectivity index is 1.31. The minimum absolute atomic E-state index is 0.0168. The topological polar surface area (TPSA) is 70.7 Å². The van der Waals surface area contributed by atoms with E-state index in [-0.39, 0.29) is 29.3 Å². The Hall–Kier alpha value is -1.14. The molecular formula is C25H43N3O3. The average Bonchev–Trinajstić information content (AvgIpc) is 2.68. The van der Waals surface area contributed by atoms with Crippen LogP contribution in [0.1, 0.15) is 66.2 Å². The lowest BCUT2D eigenvalue weighted by Gasteiger charge is -2.55. The lowest BCUT2D eigenvalue weighted by molar-refractivity contribution is -0.149. The lowest BCUT2D eigenvalue weighted by atomic mass is 9.49. The highest BCUT2D eigenvalue weighted by atomic mass is 16.5. The summed E-state index contributed by atoms with van der Waals surface area (Å²) >= 11 is 0. The maximum absolute atomic E-state index is 13.4. The number of carbonyl (C=O) groups excluding carboxylic acids is 2. The van der Waals surface area contributed by atoms with Crippen molar-refractivity contribution in [3.05, 3.63) is 0 Å². The summed E-state index contributed by atoms with van der Waals surface area (Å²) in [5.74, 6) is 2.91. The molecule has 2 atom stereocenters. The van der Waals surface area contributed by atoms with Crippen LogP contribution in [0.4, 0.5) is 0 Å². The van der Waals surface area contributed by atoms with E-state index in [9.17, 15) is 9.59 Å². The molecule has 1 heterocycles. The Labute approximate surface area is 188 Å². The van der Waals surface area contributed by atoms with Crippen LogP contribution in [0.5, 0.6) is 0 Å². The van der Waals surface area contributed by atoms with E-state index >= 15 is 0 Å². The fourth-order valence-corrected chi connectivity index (χ4v) is 7.13. The number of carbonyl (C=O) groups is 2. The summed E-state index contributed by atoms with van der Waals surface area (Å²) in [5, 5.41) is 6.28. The number of rotatable bonds is 8. The number of hydrogen-bond acceptors (Lipinski definition) is 4. The van der Waals surface area contributed by atoms with Crippen LogP contribution >= 0.6 is 0 Å². The molecule has 4 bridgehead atoms. The van der Waals surface area contributed by atoms with E-state index < -0.39 is 6.04 Å². The van der Waals surface area contributed by atoms with Gasteiger partial charge in [0.15, 0.2) is 0 Å². The van der Waals surface area contributed by atoms with Crippen LogP contribution in [0.25, 0.3) is 0 Å². The molecule has 2 N–H and O–H groups in total. The van der Waals surface area contributed by atoms with Gasteiger partial charge in [-0.2, -0.15) is 0 Å². The van der Waals surface area contributed by atoms with Gasteiger partial charge in [0, 0.05) is 31.6 Å². The van der Waals surface area contributed by atoms with Crippen LogP contribution in [0.15, 0.2) is 0 Å². The summed E-state index contributed by atoms with van der Waals surface area (Å²) in [6, 6.07) is -0.476. The second kappa shape index (κ2) is 9.38. The number of nitrogens with one attached hydrogen (secondary N) is 2. The van der Waals surface area contributed by atoms with Gasteiger partial charge in [-0.25, -0.2) is 0 Å². The third kappa shape index (κ3) is 5.27. The number of morpholine rings is 1. The summed E-state index contributed by atoms with van der Waals surface area (Å²) in [6.07, 6.45) is 7.04. The van der Waals surface area contributed by atoms with Crippen molar-refractivity contribution in [3.63, 3.8) is 0 Å². The zero-order chi connectivity index (χ0) is 22.2. The van der Waals surface area contributed by atoms with E-state index in [1.807, 2.05) is 13.8 Å². The van der Waals surface area contributed by atoms with E-state index in [0.29, 0.717) is 19.1 Å². The number of amides is 2. The molecule has 4 saturated carbocycles. The molecule has 1 saturated heterocycles. The SMILES string of the molecule is CC(C)CN1CCOC(CNC(=O)C(NC(=O)C23CC4CC(CC(C4)C2)C3)C(C)C)C1. The molecule has 6 nitrogen and oxygen atoms in total. The minimum Gasteiger partial charge on any atom is -0.374 e. The Bertz CT molecular complexity index is 627. The molecular weight excluding hydrogens is 390 g/mol. The molecule has 0 aromatic heterocycles. The van der Waals surface area contributed by atoms with Gasteiger partial charge in [0.1, 0.15) is 6.04 Å². The number of nitrogens with zero attached hydrogens (tertiary/aromatic N) is 1. The third-order valence-electron chi connectivity index (χ3n) is 8.11. The second-order valence-corrected chi connectivity index (χ2v) is 11.8. The van der Waals surface area contributed by atoms with Crippen LogP contribution in [-0.4, -0.2) is 61.6 Å². The van der Waals surface area contributed by atoms with E-state index in [1.165, 1.54) is 19.3 Å². The quantitative estimate of drug-likeness (QED) is 0.618. The highest BCUT2D eigenvalue weighted by Crippen LogP contribution is 2.60. The first-order valence-electron chi connectivity index (χ1n) is 12.7. The molecule has 5 aliphatic rings. The molecule has 176 valence electrons. The highest BCUT2D eigenvalue weighted by Gasteiger charge is 2.55. The maximum Gasteiger partial charge on any atom is 0.242 e. The van der Waals surface area contributed by atoms with Crippen LogP contribution < -0.4 is 10.6 Å². The Kier molecular flexibility index (Phi) is 6.97. The van der Waals surface area contributed by atoms with Gasteiger partial charge in [-0.1, -0.05) is 27.7 Å². The summed E-state index contributed by atoms with van der Waals surface area (Å²) < 4.78 is 5.88. The van der Waals surface area contributed by atoms with Gasteiger partial charge < -0.3 is 15.4 Å². The minimum atomic E-state index is -0.476. The normalized spacial score (nSPS) is 36.1. The van der Waals surface area contributed by atoms with Crippen molar-refractivity contribution in [2.75, 3.05) is 32.8 Å². The maximum atomic E-state index is 13.4. The summed E-state index contributed by atoms with van der Waals surface area (Å²) in [4.78, 5) is 28.9. The van der Waals surface area contributed by atoms with E-state index in [0.717, 1.165) is 56.7 Å². The van der Waals surface area contributed by atoms with Gasteiger partial charge in [0.2, 0.25) is 11.8 Å². The van der Waals surface area contributed by atoms with Gasteiger partial charge in [-0.3, -0.25) is 14.5 Å². The second-order valence-electron chi connectivity index (χ2n) is 11.8. The van der Waals surface area contributed by atoms with E-state index in [1.54, 1.807) is 0 Å². The first-order chi connectivity index (χ1) is 14.7. The smallest absolute Gasteiger partial charge is 0.242 e. The predicted octanol–water partition coefficient (Wildman–Crippen LogP) is 2.82. The Morgan fingerprint density at radius 1 is 1.03 bits per heavy atom. The zero-order valence-corrected chi connectivity index (χ0v) is 20.0. The van der Waals surface area contributed by atoms with Gasteiger partial charge in [0.05, 0.1) is 12.7 Å². The highest BCUT2D eigenvalue weighted by molar-refractivity contribution is 5.90. The van der Waals surface area contributed by atoms with Crippen molar-refractivity contribution in [2.24, 2.45) is 35.0 Å². The van der Waals surface area contributed by atoms with Crippen LogP contribution in [0, 0.1) is 35.0 Å². The third-order valence-corrected chi connectivity index (χ3v) is 8.11. The first kappa shape index (κ1) is 23.0. The summed E-state index contributed by atoms with van der Waals surface area (Å²) in [7, 11) is 0. The van der Waals surface area contributed by atoms with Crippen molar-refractivity contribution in [3.8, 4) is 0 Å². The standard InChI is InChI=1S/C25H43N3O3/c1-16(2)14-28-5-6-31-21(15-28)13-26-23(29)22(17(3)4)27-24(30)25-10-18-7-19(11-25)9-20(8-18)12-25/h16-22H,5-15H2,1-4H3,(H,26,29)(H,27,30). The molecule has 0 radical (unpaired) electrons. The number of ether oxygens (including phenoxy) is 1. The Morgan fingerprint density at radius 2 is 1.65 bits per heavy atom. The predicted molar refractivity (Wildman–Crippen MR) is 121 cm³/mol. The van der Waals surface area contributed by atoms with Crippen LogP contribution in [0.2, 0.25) is 0 Å². The van der Waals surface area contributed by atoms with Crippen molar-refractivity contribution in [2.45, 2.75) is 78.4 Å². The van der Waals surface area contributed by atoms with E-state index in [2.05, 4.69) is 29.4 Å². The molecule has 1 aliphatic heterocycles. The fraction of sp³-hybridized carbons (Fsp3) is 0.920. The molecule has 5 fully saturated rings. The van der Waals surface area contributed by atoms with Crippen molar-refractivity contribution >= 4 is 11.8 Å². The molecule has 6 heteroatoms. The lowest BCUT2D eigenvalue weighted by Crippen LogP contribution is -2.59. The van der Waals surface area contributed by atoms with Gasteiger partial charge in [0.25, 0.3) is 0 Å². The fourth-order valence-electron chi connectivity index (χ4n) is 7.13. The van der Waals surface area contributed by atoms with Gasteiger partial charge in [-0.15, -0.1) is 0 Å². The monoisotopic (exact) mass is 433 g/mol. The van der Waals surface area contributed by atoms with Gasteiger partial charge >= 0.3 is 0 Å². The molecule has 2 unspecified atom stereocenters. The summed E-state index contributed by atoms with van der Waals surface area (Å²) in [5.41, 5.74) is -0.216. The molecule has 0 aromatic rings. The number of hydrogen-bond donors (Lipinski definition) is 2. The van der Waals surface area contributed by atoms with Crippen molar-refractivity contribution < 1.29 is 14.3 Å². The molecule has 5 rings (SSSR count). The molecule has 2 amide bonds. The molecule has 0 aromatic carbocycles. The summed E-state index contributed by atoms with van der Waals surface area (Å²) in [6.45, 7) is 12.6. The average molecular weight is 434 g/mol. The Morgan fingerprint density at radius 3 is 2.19 bits per heavy atom. The van der Waals surface area contributed by atoms with Crippen LogP contribution in [0.3, 0.4) is 0 Å². The van der Waals surface area contributed by atoms with Gasteiger partial charge in [-0.05, 0) is 68.1 Å². The van der Waals surface area contributed by atoms with Crippen molar-refractivity contribution in [1.82, 2.24) is 15.5 Å². The van der Waals surface area contributed by atoms with Crippen LogP contribution in [-0.2, 0) is 14.3 Å². The van der Waals surface area contributed by atoms with Crippen molar-refractivity contribution in [1.29, 1.82) is 0 Å². The van der Waals surface area contributed by atoms with E-state index in [4.69, 9.17) is 4.74 Å². The molecule has 0 spiro atoms. The first-order valence-corrected chi connectivity index (χ1v) is 12.7. The zero-order valence-electron chi connectivity index (χ0n) is 20.0.